The van der Waals surface area contributed by atoms with Crippen molar-refractivity contribution in [3.8, 4) is 0 Å². The van der Waals surface area contributed by atoms with Gasteiger partial charge in [0.05, 0.1) is 0 Å². The van der Waals surface area contributed by atoms with Gasteiger partial charge in [-0.3, -0.25) is 4.79 Å². The minimum absolute atomic E-state index is 0.408. The molecule has 0 spiro atoms. The summed E-state index contributed by atoms with van der Waals surface area (Å²) in [6, 6.07) is 12.7. The highest BCUT2D eigenvalue weighted by molar-refractivity contribution is 5.91. The fraction of sp³-hybridized carbons (Fsp3) is 0.133. The van der Waals surface area contributed by atoms with E-state index in [0.717, 1.165) is 12.0 Å². The molecule has 0 saturated heterocycles. The SMILES string of the molecule is O=[C]CC1=CCc2cc3ccccc3cc21. The van der Waals surface area contributed by atoms with Gasteiger partial charge in [0.1, 0.15) is 0 Å². The summed E-state index contributed by atoms with van der Waals surface area (Å²) in [4.78, 5) is 10.5. The van der Waals surface area contributed by atoms with Crippen LogP contribution in [0.1, 0.15) is 17.5 Å². The molecular formula is C15H11O. The molecule has 0 N–H and O–H groups in total. The first-order valence-electron chi connectivity index (χ1n) is 5.44. The van der Waals surface area contributed by atoms with Crippen molar-refractivity contribution in [1.29, 1.82) is 0 Å². The summed E-state index contributed by atoms with van der Waals surface area (Å²) in [6.45, 7) is 0. The third-order valence-corrected chi connectivity index (χ3v) is 3.15. The van der Waals surface area contributed by atoms with E-state index in [9.17, 15) is 4.79 Å². The van der Waals surface area contributed by atoms with Gasteiger partial charge in [0, 0.05) is 6.42 Å². The van der Waals surface area contributed by atoms with Gasteiger partial charge in [-0.05, 0) is 40.0 Å². The van der Waals surface area contributed by atoms with Crippen LogP contribution in [-0.4, -0.2) is 6.29 Å². The molecule has 1 aliphatic carbocycles. The maximum atomic E-state index is 10.5. The first kappa shape index (κ1) is 9.34. The number of benzene rings is 2. The van der Waals surface area contributed by atoms with Crippen molar-refractivity contribution >= 4 is 22.6 Å². The van der Waals surface area contributed by atoms with Crippen molar-refractivity contribution in [2.45, 2.75) is 12.8 Å². The van der Waals surface area contributed by atoms with Crippen LogP contribution in [-0.2, 0) is 11.2 Å². The summed E-state index contributed by atoms with van der Waals surface area (Å²) in [6.07, 6.45) is 5.46. The zero-order chi connectivity index (χ0) is 11.0. The zero-order valence-corrected chi connectivity index (χ0v) is 8.86. The van der Waals surface area contributed by atoms with Crippen molar-refractivity contribution in [1.82, 2.24) is 0 Å². The van der Waals surface area contributed by atoms with Crippen molar-refractivity contribution in [3.05, 3.63) is 53.6 Å². The monoisotopic (exact) mass is 207 g/mol. The van der Waals surface area contributed by atoms with Gasteiger partial charge >= 0.3 is 0 Å². The maximum absolute atomic E-state index is 10.5. The fourth-order valence-electron chi connectivity index (χ4n) is 2.34. The highest BCUT2D eigenvalue weighted by Gasteiger charge is 2.14. The Labute approximate surface area is 94.4 Å². The average Bonchev–Trinajstić information content (AvgIpc) is 2.70. The lowest BCUT2D eigenvalue weighted by atomic mass is 9.99. The maximum Gasteiger partial charge on any atom is 0.203 e. The molecule has 2 aromatic rings. The van der Waals surface area contributed by atoms with Gasteiger partial charge in [-0.2, -0.15) is 0 Å². The van der Waals surface area contributed by atoms with Crippen LogP contribution >= 0.6 is 0 Å². The molecule has 0 saturated carbocycles. The highest BCUT2D eigenvalue weighted by atomic mass is 16.1. The molecule has 0 aliphatic heterocycles. The van der Waals surface area contributed by atoms with E-state index in [2.05, 4.69) is 36.4 Å². The van der Waals surface area contributed by atoms with Gasteiger partial charge in [-0.1, -0.05) is 36.4 Å². The molecule has 1 heteroatoms. The van der Waals surface area contributed by atoms with Gasteiger partial charge in [0.2, 0.25) is 6.29 Å². The number of fused-ring (bicyclic) bond motifs is 2. The second-order valence-electron chi connectivity index (χ2n) is 4.11. The lowest BCUT2D eigenvalue weighted by Crippen LogP contribution is -1.86. The molecule has 1 nitrogen and oxygen atoms in total. The van der Waals surface area contributed by atoms with E-state index in [0.29, 0.717) is 6.42 Å². The summed E-state index contributed by atoms with van der Waals surface area (Å²) in [5.41, 5.74) is 3.67. The third-order valence-electron chi connectivity index (χ3n) is 3.15. The smallest absolute Gasteiger partial charge is 0.203 e. The molecule has 0 aromatic heterocycles. The van der Waals surface area contributed by atoms with Crippen molar-refractivity contribution in [2.75, 3.05) is 0 Å². The number of carbonyl (C=O) groups excluding carboxylic acids is 1. The molecule has 0 atom stereocenters. The Morgan fingerprint density at radius 2 is 1.88 bits per heavy atom. The molecule has 16 heavy (non-hydrogen) atoms. The normalized spacial score (nSPS) is 13.6. The molecule has 0 heterocycles. The number of rotatable bonds is 2. The van der Waals surface area contributed by atoms with Crippen LogP contribution in [0.2, 0.25) is 0 Å². The molecule has 0 bridgehead atoms. The largest absolute Gasteiger partial charge is 0.291 e. The van der Waals surface area contributed by atoms with E-state index >= 15 is 0 Å². The average molecular weight is 207 g/mol. The molecule has 0 unspecified atom stereocenters. The van der Waals surface area contributed by atoms with Crippen LogP contribution in [0.4, 0.5) is 0 Å². The molecule has 1 radical (unpaired) electrons. The summed E-state index contributed by atoms with van der Waals surface area (Å²) in [7, 11) is 0. The van der Waals surface area contributed by atoms with Gasteiger partial charge in [0.25, 0.3) is 0 Å². The van der Waals surface area contributed by atoms with Crippen LogP contribution in [0, 0.1) is 0 Å². The summed E-state index contributed by atoms with van der Waals surface area (Å²) in [5.74, 6) is 0. The van der Waals surface area contributed by atoms with E-state index in [-0.39, 0.29) is 0 Å². The number of hydrogen-bond acceptors (Lipinski definition) is 1. The Kier molecular flexibility index (Phi) is 2.10. The van der Waals surface area contributed by atoms with Crippen LogP contribution in [0.25, 0.3) is 16.3 Å². The molecule has 2 aromatic carbocycles. The minimum atomic E-state index is 0.408. The van der Waals surface area contributed by atoms with E-state index in [1.807, 2.05) is 12.4 Å². The quantitative estimate of drug-likeness (QED) is 0.738. The molecule has 0 fully saturated rings. The van der Waals surface area contributed by atoms with Gasteiger partial charge in [-0.15, -0.1) is 0 Å². The first-order valence-corrected chi connectivity index (χ1v) is 5.44. The van der Waals surface area contributed by atoms with E-state index in [1.54, 1.807) is 0 Å². The summed E-state index contributed by atoms with van der Waals surface area (Å²) >= 11 is 0. The lowest BCUT2D eigenvalue weighted by molar-refractivity contribution is 0.556. The Morgan fingerprint density at radius 1 is 1.12 bits per heavy atom. The van der Waals surface area contributed by atoms with Crippen LogP contribution in [0.3, 0.4) is 0 Å². The Bertz CT molecular complexity index is 593. The first-order chi connectivity index (χ1) is 7.88. The summed E-state index contributed by atoms with van der Waals surface area (Å²) in [5, 5.41) is 2.51. The molecule has 77 valence electrons. The zero-order valence-electron chi connectivity index (χ0n) is 8.86. The number of allylic oxidation sites excluding steroid dienone is 2. The fourth-order valence-corrected chi connectivity index (χ4v) is 2.34. The molecule has 0 amide bonds. The van der Waals surface area contributed by atoms with E-state index in [1.165, 1.54) is 21.9 Å². The molecule has 1 aliphatic rings. The third kappa shape index (κ3) is 1.36. The Balaban J connectivity index is 2.19. The predicted octanol–water partition coefficient (Wildman–Crippen LogP) is 3.28. The second-order valence-corrected chi connectivity index (χ2v) is 4.11. The van der Waals surface area contributed by atoms with Crippen molar-refractivity contribution < 1.29 is 4.79 Å². The van der Waals surface area contributed by atoms with Gasteiger partial charge < -0.3 is 0 Å². The highest BCUT2D eigenvalue weighted by Crippen LogP contribution is 2.32. The molecular weight excluding hydrogens is 196 g/mol. The predicted molar refractivity (Wildman–Crippen MR) is 65.9 cm³/mol. The topological polar surface area (TPSA) is 17.1 Å². The lowest BCUT2D eigenvalue weighted by Gasteiger charge is -2.05. The molecule has 3 rings (SSSR count). The van der Waals surface area contributed by atoms with Crippen LogP contribution in [0.5, 0.6) is 0 Å². The van der Waals surface area contributed by atoms with Crippen LogP contribution < -0.4 is 0 Å². The Hall–Kier alpha value is -1.89. The van der Waals surface area contributed by atoms with Gasteiger partial charge in [-0.25, -0.2) is 0 Å². The van der Waals surface area contributed by atoms with Crippen LogP contribution in [0.15, 0.2) is 42.5 Å². The summed E-state index contributed by atoms with van der Waals surface area (Å²) < 4.78 is 0. The van der Waals surface area contributed by atoms with Gasteiger partial charge in [0.15, 0.2) is 0 Å². The van der Waals surface area contributed by atoms with E-state index in [4.69, 9.17) is 0 Å². The van der Waals surface area contributed by atoms with Crippen molar-refractivity contribution in [2.24, 2.45) is 0 Å². The van der Waals surface area contributed by atoms with E-state index < -0.39 is 0 Å². The number of hydrogen-bond donors (Lipinski definition) is 0. The van der Waals surface area contributed by atoms with Crippen molar-refractivity contribution in [3.63, 3.8) is 0 Å². The Morgan fingerprint density at radius 3 is 2.62 bits per heavy atom. The standard InChI is InChI=1S/C15H11O/c16-8-7-11-5-6-14-9-12-3-1-2-4-13(12)10-15(11)14/h1-5,9-10H,6-7H2. The second kappa shape index (κ2) is 3.60. The minimum Gasteiger partial charge on any atom is -0.291 e.